The molecule has 1 saturated carbocycles. The fourth-order valence-corrected chi connectivity index (χ4v) is 2.37. The van der Waals surface area contributed by atoms with E-state index in [0.717, 1.165) is 23.9 Å². The molecule has 1 aliphatic carbocycles. The molecule has 1 fully saturated rings. The van der Waals surface area contributed by atoms with E-state index in [9.17, 15) is 9.59 Å². The van der Waals surface area contributed by atoms with Crippen molar-refractivity contribution in [2.45, 2.75) is 25.2 Å². The van der Waals surface area contributed by atoms with Gasteiger partial charge in [0.1, 0.15) is 5.56 Å². The zero-order valence-electron chi connectivity index (χ0n) is 9.99. The zero-order valence-corrected chi connectivity index (χ0v) is 9.99. The molecule has 0 amide bonds. The number of para-hydroxylation sites is 1. The van der Waals surface area contributed by atoms with Crippen molar-refractivity contribution in [1.29, 1.82) is 0 Å². The van der Waals surface area contributed by atoms with Crippen LogP contribution in [0.3, 0.4) is 0 Å². The second kappa shape index (κ2) is 3.45. The number of nitrogens with one attached hydrogen (secondary N) is 1. The number of benzene rings is 1. The van der Waals surface area contributed by atoms with E-state index in [0.29, 0.717) is 5.39 Å². The number of fused-ring (bicyclic) bond motifs is 1. The summed E-state index contributed by atoms with van der Waals surface area (Å²) in [6, 6.07) is 5.50. The number of carboxylic acids is 1. The predicted molar refractivity (Wildman–Crippen MR) is 68.1 cm³/mol. The van der Waals surface area contributed by atoms with Crippen molar-refractivity contribution in [3.8, 4) is 0 Å². The SMILES string of the molecule is CC1(c2cccc3c(=O)c(C(=O)O)c[nH]c23)CC1. The van der Waals surface area contributed by atoms with E-state index >= 15 is 0 Å². The van der Waals surface area contributed by atoms with Gasteiger partial charge in [-0.3, -0.25) is 4.79 Å². The minimum atomic E-state index is -1.19. The minimum absolute atomic E-state index is 0.132. The van der Waals surface area contributed by atoms with Gasteiger partial charge in [0.15, 0.2) is 0 Å². The lowest BCUT2D eigenvalue weighted by molar-refractivity contribution is 0.0695. The lowest BCUT2D eigenvalue weighted by Crippen LogP contribution is -2.16. The normalized spacial score (nSPS) is 16.7. The second-order valence-corrected chi connectivity index (χ2v) is 5.13. The molecule has 4 nitrogen and oxygen atoms in total. The van der Waals surface area contributed by atoms with Crippen LogP contribution in [0.5, 0.6) is 0 Å². The van der Waals surface area contributed by atoms with Gasteiger partial charge in [0, 0.05) is 11.6 Å². The predicted octanol–water partition coefficient (Wildman–Crippen LogP) is 2.28. The van der Waals surface area contributed by atoms with E-state index in [1.54, 1.807) is 6.07 Å². The number of rotatable bonds is 2. The Kier molecular flexibility index (Phi) is 2.11. The van der Waals surface area contributed by atoms with Crippen LogP contribution < -0.4 is 5.43 Å². The molecule has 0 saturated heterocycles. The number of pyridine rings is 1. The second-order valence-electron chi connectivity index (χ2n) is 5.13. The average Bonchev–Trinajstić information content (AvgIpc) is 3.08. The van der Waals surface area contributed by atoms with E-state index in [4.69, 9.17) is 5.11 Å². The number of aromatic amines is 1. The Balaban J connectivity index is 2.35. The molecule has 1 aromatic carbocycles. The van der Waals surface area contributed by atoms with Crippen molar-refractivity contribution in [1.82, 2.24) is 4.98 Å². The zero-order chi connectivity index (χ0) is 12.9. The summed E-state index contributed by atoms with van der Waals surface area (Å²) in [4.78, 5) is 26.0. The molecule has 3 rings (SSSR count). The molecule has 0 radical (unpaired) electrons. The van der Waals surface area contributed by atoms with E-state index < -0.39 is 11.4 Å². The van der Waals surface area contributed by atoms with Crippen molar-refractivity contribution in [3.05, 3.63) is 45.7 Å². The fourth-order valence-electron chi connectivity index (χ4n) is 2.37. The number of carboxylic acid groups (broad SMARTS) is 1. The maximum absolute atomic E-state index is 12.1. The molecule has 0 unspecified atom stereocenters. The summed E-state index contributed by atoms with van der Waals surface area (Å²) < 4.78 is 0. The van der Waals surface area contributed by atoms with E-state index in [1.807, 2.05) is 12.1 Å². The van der Waals surface area contributed by atoms with Crippen molar-refractivity contribution in [2.24, 2.45) is 0 Å². The summed E-state index contributed by atoms with van der Waals surface area (Å²) in [7, 11) is 0. The molecule has 1 aliphatic rings. The summed E-state index contributed by atoms with van der Waals surface area (Å²) >= 11 is 0. The van der Waals surface area contributed by atoms with Gasteiger partial charge in [-0.2, -0.15) is 0 Å². The molecule has 0 bridgehead atoms. The Morgan fingerprint density at radius 1 is 1.39 bits per heavy atom. The molecule has 2 N–H and O–H groups in total. The van der Waals surface area contributed by atoms with Gasteiger partial charge in [-0.25, -0.2) is 4.79 Å². The highest BCUT2D eigenvalue weighted by molar-refractivity contribution is 5.93. The highest BCUT2D eigenvalue weighted by atomic mass is 16.4. The quantitative estimate of drug-likeness (QED) is 0.850. The third-order valence-electron chi connectivity index (χ3n) is 3.80. The van der Waals surface area contributed by atoms with Crippen LogP contribution in [-0.4, -0.2) is 16.1 Å². The Hall–Kier alpha value is -2.10. The number of hydrogen-bond donors (Lipinski definition) is 2. The van der Waals surface area contributed by atoms with Gasteiger partial charge >= 0.3 is 5.97 Å². The number of carbonyl (C=O) groups is 1. The van der Waals surface area contributed by atoms with E-state index in [1.165, 1.54) is 6.20 Å². The molecular weight excluding hydrogens is 230 g/mol. The van der Waals surface area contributed by atoms with Crippen LogP contribution in [-0.2, 0) is 5.41 Å². The van der Waals surface area contributed by atoms with Crippen molar-refractivity contribution < 1.29 is 9.90 Å². The topological polar surface area (TPSA) is 70.2 Å². The molecule has 18 heavy (non-hydrogen) atoms. The van der Waals surface area contributed by atoms with Crippen LogP contribution in [0.2, 0.25) is 0 Å². The first-order chi connectivity index (χ1) is 8.53. The highest BCUT2D eigenvalue weighted by Crippen LogP contribution is 2.49. The Morgan fingerprint density at radius 3 is 2.72 bits per heavy atom. The van der Waals surface area contributed by atoms with Crippen LogP contribution in [0.4, 0.5) is 0 Å². The number of hydrogen-bond acceptors (Lipinski definition) is 2. The Labute approximate surface area is 103 Å². The van der Waals surface area contributed by atoms with Gasteiger partial charge in [-0.15, -0.1) is 0 Å². The lowest BCUT2D eigenvalue weighted by Gasteiger charge is -2.12. The summed E-state index contributed by atoms with van der Waals surface area (Å²) in [5.74, 6) is -1.19. The van der Waals surface area contributed by atoms with Crippen LogP contribution >= 0.6 is 0 Å². The average molecular weight is 243 g/mol. The smallest absolute Gasteiger partial charge is 0.341 e. The summed E-state index contributed by atoms with van der Waals surface area (Å²) in [6.07, 6.45) is 3.51. The number of aromatic carboxylic acids is 1. The first-order valence-electron chi connectivity index (χ1n) is 5.91. The molecule has 4 heteroatoms. The van der Waals surface area contributed by atoms with Gasteiger partial charge in [0.05, 0.1) is 5.52 Å². The van der Waals surface area contributed by atoms with E-state index in [-0.39, 0.29) is 11.0 Å². The van der Waals surface area contributed by atoms with Crippen LogP contribution in [0, 0.1) is 0 Å². The molecular formula is C14H13NO3. The minimum Gasteiger partial charge on any atom is -0.477 e. The summed E-state index contributed by atoms with van der Waals surface area (Å²) in [5, 5.41) is 9.41. The van der Waals surface area contributed by atoms with Gasteiger partial charge in [-0.05, 0) is 29.9 Å². The third kappa shape index (κ3) is 1.45. The largest absolute Gasteiger partial charge is 0.477 e. The summed E-state index contributed by atoms with van der Waals surface area (Å²) in [6.45, 7) is 2.16. The molecule has 1 heterocycles. The maximum atomic E-state index is 12.1. The van der Waals surface area contributed by atoms with Crippen LogP contribution in [0.1, 0.15) is 35.7 Å². The molecule has 0 aliphatic heterocycles. The van der Waals surface area contributed by atoms with Crippen LogP contribution in [0.25, 0.3) is 10.9 Å². The van der Waals surface area contributed by atoms with Crippen molar-refractivity contribution >= 4 is 16.9 Å². The van der Waals surface area contributed by atoms with Gasteiger partial charge in [-0.1, -0.05) is 19.1 Å². The van der Waals surface area contributed by atoms with Crippen LogP contribution in [0.15, 0.2) is 29.2 Å². The highest BCUT2D eigenvalue weighted by Gasteiger charge is 2.40. The Morgan fingerprint density at radius 2 is 2.11 bits per heavy atom. The third-order valence-corrected chi connectivity index (χ3v) is 3.80. The molecule has 0 spiro atoms. The molecule has 0 atom stereocenters. The molecule has 1 aromatic heterocycles. The maximum Gasteiger partial charge on any atom is 0.341 e. The van der Waals surface area contributed by atoms with Crippen molar-refractivity contribution in [3.63, 3.8) is 0 Å². The monoisotopic (exact) mass is 243 g/mol. The van der Waals surface area contributed by atoms with E-state index in [2.05, 4.69) is 11.9 Å². The fraction of sp³-hybridized carbons (Fsp3) is 0.286. The van der Waals surface area contributed by atoms with Gasteiger partial charge < -0.3 is 10.1 Å². The first-order valence-corrected chi connectivity index (χ1v) is 5.91. The standard InChI is InChI=1S/C14H13NO3/c1-14(5-6-14)10-4-2-3-8-11(10)15-7-9(12(8)16)13(17)18/h2-4,7H,5-6H2,1H3,(H,15,16)(H,17,18). The summed E-state index contributed by atoms with van der Waals surface area (Å²) in [5.41, 5.74) is 1.39. The lowest BCUT2D eigenvalue weighted by atomic mass is 9.95. The Bertz CT molecular complexity index is 711. The van der Waals surface area contributed by atoms with Gasteiger partial charge in [0.25, 0.3) is 0 Å². The van der Waals surface area contributed by atoms with Gasteiger partial charge in [0.2, 0.25) is 5.43 Å². The number of aromatic nitrogens is 1. The first kappa shape index (κ1) is 11.0. The molecule has 2 aromatic rings. The molecule has 92 valence electrons. The number of H-pyrrole nitrogens is 1. The van der Waals surface area contributed by atoms with Crippen molar-refractivity contribution in [2.75, 3.05) is 0 Å².